The van der Waals surface area contributed by atoms with Gasteiger partial charge in [0, 0.05) is 13.2 Å². The number of aliphatic carboxylic acids is 1. The monoisotopic (exact) mass is 240 g/mol. The van der Waals surface area contributed by atoms with Crippen LogP contribution in [0.2, 0.25) is 0 Å². The summed E-state index contributed by atoms with van der Waals surface area (Å²) >= 11 is 0. The van der Waals surface area contributed by atoms with Crippen molar-refractivity contribution in [2.75, 3.05) is 5.32 Å². The number of amides is 2. The first-order chi connectivity index (χ1) is 7.93. The smallest absolute Gasteiger partial charge is 0.325 e. The highest BCUT2D eigenvalue weighted by atomic mass is 16.4. The largest absolute Gasteiger partial charge is 0.480 e. The number of urea groups is 1. The Morgan fingerprint density at radius 1 is 1.59 bits per heavy atom. The highest BCUT2D eigenvalue weighted by Gasteiger charge is 2.15. The quantitative estimate of drug-likeness (QED) is 0.717. The van der Waals surface area contributed by atoms with Gasteiger partial charge in [0.05, 0.1) is 11.4 Å². The molecular weight excluding hydrogens is 224 g/mol. The summed E-state index contributed by atoms with van der Waals surface area (Å²) in [4.78, 5) is 22.0. The van der Waals surface area contributed by atoms with Crippen LogP contribution in [0.15, 0.2) is 6.20 Å². The maximum atomic E-state index is 11.5. The fraction of sp³-hybridized carbons (Fsp3) is 0.500. The second-order valence-electron chi connectivity index (χ2n) is 3.68. The molecule has 1 aromatic rings. The zero-order valence-electron chi connectivity index (χ0n) is 10.0. The van der Waals surface area contributed by atoms with Gasteiger partial charge in [-0.3, -0.25) is 9.48 Å². The van der Waals surface area contributed by atoms with Gasteiger partial charge in [-0.15, -0.1) is 0 Å². The number of rotatable bonds is 4. The average molecular weight is 240 g/mol. The molecule has 1 unspecified atom stereocenters. The minimum atomic E-state index is -1.08. The lowest BCUT2D eigenvalue weighted by atomic mass is 10.3. The van der Waals surface area contributed by atoms with E-state index in [0.717, 1.165) is 5.69 Å². The van der Waals surface area contributed by atoms with E-state index < -0.39 is 18.0 Å². The molecule has 0 radical (unpaired) electrons. The molecule has 0 saturated heterocycles. The van der Waals surface area contributed by atoms with Crippen LogP contribution in [0.3, 0.4) is 0 Å². The van der Waals surface area contributed by atoms with Crippen LogP contribution in [0.5, 0.6) is 0 Å². The van der Waals surface area contributed by atoms with Gasteiger partial charge in [-0.1, -0.05) is 6.92 Å². The van der Waals surface area contributed by atoms with E-state index in [1.165, 1.54) is 6.92 Å². The fourth-order valence-corrected chi connectivity index (χ4v) is 1.32. The highest BCUT2D eigenvalue weighted by molar-refractivity contribution is 5.92. The topological polar surface area (TPSA) is 96.3 Å². The average Bonchev–Trinajstić information content (AvgIpc) is 2.58. The Bertz CT molecular complexity index is 427. The Balaban J connectivity index is 2.64. The van der Waals surface area contributed by atoms with E-state index >= 15 is 0 Å². The number of carbonyl (C=O) groups is 2. The van der Waals surface area contributed by atoms with Crippen molar-refractivity contribution in [1.29, 1.82) is 0 Å². The van der Waals surface area contributed by atoms with E-state index in [9.17, 15) is 9.59 Å². The molecule has 1 rings (SSSR count). The first-order valence-corrected chi connectivity index (χ1v) is 5.26. The molecule has 0 saturated carbocycles. The first kappa shape index (κ1) is 13.0. The summed E-state index contributed by atoms with van der Waals surface area (Å²) in [6.07, 6.45) is 2.36. The van der Waals surface area contributed by atoms with Gasteiger partial charge in [0.15, 0.2) is 0 Å². The molecule has 0 aliphatic carbocycles. The van der Waals surface area contributed by atoms with Crippen LogP contribution < -0.4 is 10.6 Å². The van der Waals surface area contributed by atoms with Gasteiger partial charge in [-0.25, -0.2) is 4.79 Å². The summed E-state index contributed by atoms with van der Waals surface area (Å²) in [6.45, 7) is 3.32. The Morgan fingerprint density at radius 2 is 2.24 bits per heavy atom. The molecule has 94 valence electrons. The second kappa shape index (κ2) is 5.33. The van der Waals surface area contributed by atoms with Crippen LogP contribution in [-0.4, -0.2) is 32.9 Å². The van der Waals surface area contributed by atoms with Crippen LogP contribution >= 0.6 is 0 Å². The molecule has 0 aliphatic heterocycles. The summed E-state index contributed by atoms with van der Waals surface area (Å²) in [5.41, 5.74) is 1.34. The lowest BCUT2D eigenvalue weighted by molar-refractivity contribution is -0.138. The third-order valence-corrected chi connectivity index (χ3v) is 2.21. The predicted molar refractivity (Wildman–Crippen MR) is 61.8 cm³/mol. The third-order valence-electron chi connectivity index (χ3n) is 2.21. The SMILES string of the molecule is CCc1nn(C)cc1NC(=O)NC(C)C(=O)O. The number of hydrogen-bond acceptors (Lipinski definition) is 3. The molecule has 2 amide bonds. The van der Waals surface area contributed by atoms with Crippen molar-refractivity contribution in [3.63, 3.8) is 0 Å². The molecule has 3 N–H and O–H groups in total. The van der Waals surface area contributed by atoms with E-state index in [1.54, 1.807) is 17.9 Å². The summed E-state index contributed by atoms with van der Waals surface area (Å²) in [5, 5.41) is 17.7. The lowest BCUT2D eigenvalue weighted by Crippen LogP contribution is -2.40. The van der Waals surface area contributed by atoms with Gasteiger partial charge >= 0.3 is 12.0 Å². The molecule has 0 aliphatic rings. The normalized spacial score (nSPS) is 11.9. The molecular formula is C10H16N4O3. The van der Waals surface area contributed by atoms with Crippen LogP contribution in [0.1, 0.15) is 19.5 Å². The lowest BCUT2D eigenvalue weighted by Gasteiger charge is -2.10. The second-order valence-corrected chi connectivity index (χ2v) is 3.68. The third kappa shape index (κ3) is 3.47. The molecule has 1 heterocycles. The summed E-state index contributed by atoms with van der Waals surface area (Å²) in [5.74, 6) is -1.08. The summed E-state index contributed by atoms with van der Waals surface area (Å²) in [7, 11) is 1.75. The number of aromatic nitrogens is 2. The van der Waals surface area contributed by atoms with Crippen molar-refractivity contribution in [2.24, 2.45) is 7.05 Å². The van der Waals surface area contributed by atoms with Gasteiger partial charge in [0.2, 0.25) is 0 Å². The maximum absolute atomic E-state index is 11.5. The standard InChI is InChI=1S/C10H16N4O3/c1-4-7-8(5-14(3)13-7)12-10(17)11-6(2)9(15)16/h5-6H,4H2,1-3H3,(H,15,16)(H2,11,12,17). The van der Waals surface area contributed by atoms with Gasteiger partial charge in [0.1, 0.15) is 6.04 Å². The minimum Gasteiger partial charge on any atom is -0.480 e. The molecule has 7 nitrogen and oxygen atoms in total. The Hall–Kier alpha value is -2.05. The van der Waals surface area contributed by atoms with Gasteiger partial charge in [0.25, 0.3) is 0 Å². The molecule has 0 fully saturated rings. The number of carboxylic acids is 1. The van der Waals surface area contributed by atoms with Crippen LogP contribution in [0.25, 0.3) is 0 Å². The van der Waals surface area contributed by atoms with Crippen molar-refractivity contribution in [2.45, 2.75) is 26.3 Å². The van der Waals surface area contributed by atoms with E-state index in [-0.39, 0.29) is 0 Å². The summed E-state index contributed by atoms with van der Waals surface area (Å²) in [6, 6.07) is -1.49. The van der Waals surface area contributed by atoms with Gasteiger partial charge in [-0.05, 0) is 13.3 Å². The molecule has 0 spiro atoms. The molecule has 17 heavy (non-hydrogen) atoms. The maximum Gasteiger partial charge on any atom is 0.325 e. The number of aryl methyl sites for hydroxylation is 2. The van der Waals surface area contributed by atoms with E-state index in [0.29, 0.717) is 12.1 Å². The van der Waals surface area contributed by atoms with Crippen molar-refractivity contribution >= 4 is 17.7 Å². The first-order valence-electron chi connectivity index (χ1n) is 5.26. The van der Waals surface area contributed by atoms with Crippen molar-refractivity contribution in [3.8, 4) is 0 Å². The fourth-order valence-electron chi connectivity index (χ4n) is 1.32. The van der Waals surface area contributed by atoms with Crippen LogP contribution in [0.4, 0.5) is 10.5 Å². The summed E-state index contributed by atoms with van der Waals surface area (Å²) < 4.78 is 1.59. The highest BCUT2D eigenvalue weighted by Crippen LogP contribution is 2.13. The number of nitrogens with zero attached hydrogens (tertiary/aromatic N) is 2. The zero-order valence-corrected chi connectivity index (χ0v) is 10.0. The molecule has 0 aromatic carbocycles. The van der Waals surface area contributed by atoms with E-state index in [2.05, 4.69) is 15.7 Å². The number of anilines is 1. The molecule has 1 atom stereocenters. The Kier molecular flexibility index (Phi) is 4.08. The molecule has 1 aromatic heterocycles. The number of carboxylic acid groups (broad SMARTS) is 1. The number of hydrogen-bond donors (Lipinski definition) is 3. The van der Waals surface area contributed by atoms with Crippen LogP contribution in [0, 0.1) is 0 Å². The Labute approximate surface area is 98.8 Å². The van der Waals surface area contributed by atoms with E-state index in [1.807, 2.05) is 6.92 Å². The van der Waals surface area contributed by atoms with E-state index in [4.69, 9.17) is 5.11 Å². The Morgan fingerprint density at radius 3 is 2.76 bits per heavy atom. The van der Waals surface area contributed by atoms with Crippen LogP contribution in [-0.2, 0) is 18.3 Å². The van der Waals surface area contributed by atoms with Gasteiger partial charge < -0.3 is 15.7 Å². The zero-order chi connectivity index (χ0) is 13.0. The predicted octanol–water partition coefficient (Wildman–Crippen LogP) is 0.577. The van der Waals surface area contributed by atoms with Crippen molar-refractivity contribution < 1.29 is 14.7 Å². The number of nitrogens with one attached hydrogen (secondary N) is 2. The molecule has 0 bridgehead atoms. The minimum absolute atomic E-state index is 0.553. The van der Waals surface area contributed by atoms with Crippen molar-refractivity contribution in [3.05, 3.63) is 11.9 Å². The molecule has 7 heteroatoms. The van der Waals surface area contributed by atoms with Gasteiger partial charge in [-0.2, -0.15) is 5.10 Å². The van der Waals surface area contributed by atoms with Crippen molar-refractivity contribution in [1.82, 2.24) is 15.1 Å². The number of carbonyl (C=O) groups excluding carboxylic acids is 1.